The van der Waals surface area contributed by atoms with Gasteiger partial charge in [0.15, 0.2) is 0 Å². The Hall–Kier alpha value is -1.49. The SMILES string of the molecule is CC(CCN1CC=C(C(F)(F)F)CC1)c1ccc(N)cc1. The fourth-order valence-corrected chi connectivity index (χ4v) is 2.54. The van der Waals surface area contributed by atoms with Crippen LogP contribution in [0.2, 0.25) is 0 Å². The maximum Gasteiger partial charge on any atom is 0.412 e. The first-order valence-corrected chi connectivity index (χ1v) is 7.20. The molecule has 0 spiro atoms. The Balaban J connectivity index is 1.82. The summed E-state index contributed by atoms with van der Waals surface area (Å²) >= 11 is 0. The molecule has 1 aromatic rings. The van der Waals surface area contributed by atoms with Crippen molar-refractivity contribution in [2.75, 3.05) is 25.4 Å². The average molecular weight is 298 g/mol. The second kappa shape index (κ2) is 6.52. The predicted molar refractivity (Wildman–Crippen MR) is 79.1 cm³/mol. The molecule has 0 aliphatic carbocycles. The Kier molecular flexibility index (Phi) is 4.93. The fourth-order valence-electron chi connectivity index (χ4n) is 2.54. The minimum atomic E-state index is -4.16. The fraction of sp³-hybridized carbons (Fsp3) is 0.500. The van der Waals surface area contributed by atoms with Crippen molar-refractivity contribution in [1.82, 2.24) is 4.90 Å². The molecule has 1 atom stereocenters. The molecule has 21 heavy (non-hydrogen) atoms. The van der Waals surface area contributed by atoms with E-state index in [1.165, 1.54) is 11.6 Å². The Morgan fingerprint density at radius 3 is 2.43 bits per heavy atom. The zero-order valence-electron chi connectivity index (χ0n) is 12.2. The van der Waals surface area contributed by atoms with E-state index in [2.05, 4.69) is 11.8 Å². The third-order valence-corrected chi connectivity index (χ3v) is 4.04. The molecular formula is C16H21F3N2. The molecule has 1 aromatic carbocycles. The topological polar surface area (TPSA) is 29.3 Å². The van der Waals surface area contributed by atoms with E-state index in [1.54, 1.807) is 0 Å². The number of nitrogen functional groups attached to an aromatic ring is 1. The standard InChI is InChI=1S/C16H21F3N2/c1-12(13-2-4-15(20)5-3-13)6-9-21-10-7-14(8-11-21)16(17,18)19/h2-5,7,12H,6,8-11,20H2,1H3. The van der Waals surface area contributed by atoms with Crippen molar-refractivity contribution in [2.24, 2.45) is 0 Å². The normalized spacial score (nSPS) is 18.4. The number of hydrogen-bond acceptors (Lipinski definition) is 2. The first-order valence-electron chi connectivity index (χ1n) is 7.20. The van der Waals surface area contributed by atoms with Gasteiger partial charge < -0.3 is 5.73 Å². The van der Waals surface area contributed by atoms with E-state index in [0.29, 0.717) is 19.0 Å². The minimum Gasteiger partial charge on any atom is -0.399 e. The van der Waals surface area contributed by atoms with Crippen LogP contribution in [0.15, 0.2) is 35.9 Å². The number of nitrogens with zero attached hydrogens (tertiary/aromatic N) is 1. The van der Waals surface area contributed by atoms with Gasteiger partial charge in [0.2, 0.25) is 0 Å². The van der Waals surface area contributed by atoms with E-state index in [1.807, 2.05) is 24.3 Å². The molecule has 1 unspecified atom stereocenters. The highest BCUT2D eigenvalue weighted by molar-refractivity contribution is 5.40. The summed E-state index contributed by atoms with van der Waals surface area (Å²) in [6.07, 6.45) is -1.82. The van der Waals surface area contributed by atoms with Crippen LogP contribution in [-0.4, -0.2) is 30.7 Å². The molecule has 0 aromatic heterocycles. The van der Waals surface area contributed by atoms with Gasteiger partial charge in [-0.2, -0.15) is 13.2 Å². The summed E-state index contributed by atoms with van der Waals surface area (Å²) in [6, 6.07) is 7.78. The molecule has 2 N–H and O–H groups in total. The average Bonchev–Trinajstić information content (AvgIpc) is 2.45. The van der Waals surface area contributed by atoms with Crippen LogP contribution in [0.3, 0.4) is 0 Å². The van der Waals surface area contributed by atoms with Crippen molar-refractivity contribution in [3.05, 3.63) is 41.5 Å². The lowest BCUT2D eigenvalue weighted by atomic mass is 9.97. The molecule has 1 heterocycles. The van der Waals surface area contributed by atoms with Gasteiger partial charge in [-0.15, -0.1) is 0 Å². The van der Waals surface area contributed by atoms with Crippen molar-refractivity contribution in [1.29, 1.82) is 0 Å². The van der Waals surface area contributed by atoms with Gasteiger partial charge in [-0.3, -0.25) is 4.90 Å². The Morgan fingerprint density at radius 1 is 1.24 bits per heavy atom. The number of nitrogens with two attached hydrogens (primary N) is 1. The largest absolute Gasteiger partial charge is 0.412 e. The van der Waals surface area contributed by atoms with Crippen molar-refractivity contribution in [2.45, 2.75) is 31.9 Å². The van der Waals surface area contributed by atoms with Crippen LogP contribution in [0.4, 0.5) is 18.9 Å². The van der Waals surface area contributed by atoms with Crippen LogP contribution in [-0.2, 0) is 0 Å². The third kappa shape index (κ3) is 4.49. The molecule has 116 valence electrons. The summed E-state index contributed by atoms with van der Waals surface area (Å²) in [7, 11) is 0. The van der Waals surface area contributed by atoms with E-state index in [0.717, 1.165) is 18.7 Å². The number of halogens is 3. The second-order valence-electron chi connectivity index (χ2n) is 5.63. The molecule has 1 aliphatic heterocycles. The smallest absolute Gasteiger partial charge is 0.399 e. The van der Waals surface area contributed by atoms with Gasteiger partial charge in [-0.05, 0) is 43.0 Å². The summed E-state index contributed by atoms with van der Waals surface area (Å²) in [6.45, 7) is 3.82. The zero-order chi connectivity index (χ0) is 15.5. The Morgan fingerprint density at radius 2 is 1.90 bits per heavy atom. The van der Waals surface area contributed by atoms with Gasteiger partial charge >= 0.3 is 6.18 Å². The maximum absolute atomic E-state index is 12.5. The Labute approximate surface area is 123 Å². The zero-order valence-corrected chi connectivity index (χ0v) is 12.2. The summed E-state index contributed by atoms with van der Waals surface area (Å²) in [4.78, 5) is 2.07. The van der Waals surface area contributed by atoms with Crippen molar-refractivity contribution >= 4 is 5.69 Å². The molecule has 2 rings (SSSR count). The van der Waals surface area contributed by atoms with Crippen molar-refractivity contribution < 1.29 is 13.2 Å². The first kappa shape index (κ1) is 15.9. The van der Waals surface area contributed by atoms with Gasteiger partial charge in [0.1, 0.15) is 0 Å². The molecular weight excluding hydrogens is 277 g/mol. The van der Waals surface area contributed by atoms with Gasteiger partial charge in [0.05, 0.1) is 0 Å². The summed E-state index contributed by atoms with van der Waals surface area (Å²) in [5, 5.41) is 0. The quantitative estimate of drug-likeness (QED) is 0.673. The van der Waals surface area contributed by atoms with Crippen LogP contribution < -0.4 is 5.73 Å². The summed E-state index contributed by atoms with van der Waals surface area (Å²) in [5.74, 6) is 0.374. The first-order chi connectivity index (χ1) is 9.86. The maximum atomic E-state index is 12.5. The van der Waals surface area contributed by atoms with Crippen LogP contribution in [0.5, 0.6) is 0 Å². The van der Waals surface area contributed by atoms with E-state index in [-0.39, 0.29) is 12.0 Å². The third-order valence-electron chi connectivity index (χ3n) is 4.04. The van der Waals surface area contributed by atoms with Gasteiger partial charge in [0.25, 0.3) is 0 Å². The molecule has 0 saturated carbocycles. The molecule has 0 fully saturated rings. The van der Waals surface area contributed by atoms with E-state index < -0.39 is 6.18 Å². The molecule has 2 nitrogen and oxygen atoms in total. The van der Waals surface area contributed by atoms with E-state index in [4.69, 9.17) is 5.73 Å². The van der Waals surface area contributed by atoms with E-state index >= 15 is 0 Å². The number of benzene rings is 1. The van der Waals surface area contributed by atoms with E-state index in [9.17, 15) is 13.2 Å². The lowest BCUT2D eigenvalue weighted by molar-refractivity contribution is -0.0960. The number of rotatable bonds is 4. The molecule has 5 heteroatoms. The molecule has 0 radical (unpaired) electrons. The molecule has 0 amide bonds. The van der Waals surface area contributed by atoms with Gasteiger partial charge in [0, 0.05) is 24.4 Å². The minimum absolute atomic E-state index is 0.0970. The highest BCUT2D eigenvalue weighted by Gasteiger charge is 2.34. The van der Waals surface area contributed by atoms with Crippen molar-refractivity contribution in [3.63, 3.8) is 0 Å². The van der Waals surface area contributed by atoms with Crippen LogP contribution in [0.1, 0.15) is 31.2 Å². The lowest BCUT2D eigenvalue weighted by Gasteiger charge is -2.28. The van der Waals surface area contributed by atoms with Crippen molar-refractivity contribution in [3.8, 4) is 0 Å². The number of alkyl halides is 3. The molecule has 0 bridgehead atoms. The summed E-state index contributed by atoms with van der Waals surface area (Å²) < 4.78 is 37.6. The number of anilines is 1. The Bertz CT molecular complexity index is 491. The molecule has 1 aliphatic rings. The number of hydrogen-bond donors (Lipinski definition) is 1. The van der Waals surface area contributed by atoms with Gasteiger partial charge in [-0.25, -0.2) is 0 Å². The lowest BCUT2D eigenvalue weighted by Crippen LogP contribution is -2.33. The summed E-state index contributed by atoms with van der Waals surface area (Å²) in [5.41, 5.74) is 7.23. The van der Waals surface area contributed by atoms with Crippen LogP contribution in [0.25, 0.3) is 0 Å². The monoisotopic (exact) mass is 298 g/mol. The van der Waals surface area contributed by atoms with Crippen LogP contribution >= 0.6 is 0 Å². The highest BCUT2D eigenvalue weighted by Crippen LogP contribution is 2.30. The van der Waals surface area contributed by atoms with Crippen LogP contribution in [0, 0.1) is 0 Å². The predicted octanol–water partition coefficient (Wildman–Crippen LogP) is 3.96. The highest BCUT2D eigenvalue weighted by atomic mass is 19.4. The van der Waals surface area contributed by atoms with Gasteiger partial charge in [-0.1, -0.05) is 25.1 Å². The second-order valence-corrected chi connectivity index (χ2v) is 5.63. The molecule has 0 saturated heterocycles.